The molecule has 36 heavy (non-hydrogen) atoms. The summed E-state index contributed by atoms with van der Waals surface area (Å²) in [6, 6.07) is 12.4. The van der Waals surface area contributed by atoms with Crippen molar-refractivity contribution >= 4 is 28.4 Å². The number of fused-ring (bicyclic) bond motifs is 2. The smallest absolute Gasteiger partial charge is 0.256 e. The molecule has 1 aliphatic rings. The predicted molar refractivity (Wildman–Crippen MR) is 143 cm³/mol. The topological polar surface area (TPSA) is 73.7 Å². The number of nitrogens with one attached hydrogen (secondary N) is 1. The van der Waals surface area contributed by atoms with E-state index in [4.69, 9.17) is 0 Å². The van der Waals surface area contributed by atoms with Crippen LogP contribution in [-0.2, 0) is 29.7 Å². The van der Waals surface area contributed by atoms with Gasteiger partial charge in [-0.05, 0) is 54.5 Å². The van der Waals surface area contributed by atoms with Crippen molar-refractivity contribution in [1.82, 2.24) is 25.1 Å². The third kappa shape index (κ3) is 5.87. The third-order valence-corrected chi connectivity index (χ3v) is 6.95. The van der Waals surface area contributed by atoms with E-state index in [1.807, 2.05) is 60.0 Å². The van der Waals surface area contributed by atoms with E-state index in [1.54, 1.807) is 5.01 Å². The molecule has 192 valence electrons. The lowest BCUT2D eigenvalue weighted by atomic mass is 10.1. The summed E-state index contributed by atoms with van der Waals surface area (Å²) in [4.78, 5) is 28.2. The van der Waals surface area contributed by atoms with Gasteiger partial charge >= 0.3 is 0 Å². The number of hydrogen-bond donors (Lipinski definition) is 1. The molecule has 8 nitrogen and oxygen atoms in total. The fourth-order valence-corrected chi connectivity index (χ4v) is 4.78. The van der Waals surface area contributed by atoms with Gasteiger partial charge < -0.3 is 10.2 Å². The Morgan fingerprint density at radius 2 is 1.81 bits per heavy atom. The average Bonchev–Trinajstić information content (AvgIpc) is 3.43. The second-order valence-electron chi connectivity index (χ2n) is 10.2. The van der Waals surface area contributed by atoms with Gasteiger partial charge in [-0.2, -0.15) is 5.10 Å². The minimum Gasteiger partial charge on any atom is -0.355 e. The first kappa shape index (κ1) is 25.7. The van der Waals surface area contributed by atoms with Crippen LogP contribution in [0, 0.1) is 12.8 Å². The maximum Gasteiger partial charge on any atom is 0.256 e. The summed E-state index contributed by atoms with van der Waals surface area (Å²) in [6.07, 6.45) is 3.83. The number of anilines is 1. The van der Waals surface area contributed by atoms with E-state index < -0.39 is 0 Å². The van der Waals surface area contributed by atoms with E-state index >= 15 is 0 Å². The molecule has 1 aromatic heterocycles. The number of nitrogens with zero attached hydrogens (tertiary/aromatic N) is 5. The Hall–Kier alpha value is -3.39. The van der Waals surface area contributed by atoms with Crippen LogP contribution >= 0.6 is 0 Å². The monoisotopic (exact) mass is 490 g/mol. The van der Waals surface area contributed by atoms with Crippen LogP contribution in [-0.4, -0.2) is 58.3 Å². The second-order valence-corrected chi connectivity index (χ2v) is 10.2. The van der Waals surface area contributed by atoms with E-state index in [0.29, 0.717) is 25.6 Å². The number of likely N-dealkylation sites (N-methyl/N-ethyl adjacent to an activating group) is 1. The molecule has 0 saturated carbocycles. The van der Waals surface area contributed by atoms with Gasteiger partial charge in [0.05, 0.1) is 24.8 Å². The van der Waals surface area contributed by atoms with Gasteiger partial charge in [0.1, 0.15) is 0 Å². The first-order chi connectivity index (χ1) is 17.2. The van der Waals surface area contributed by atoms with Crippen LogP contribution in [0.1, 0.15) is 43.4 Å². The molecular formula is C28H38N6O2. The largest absolute Gasteiger partial charge is 0.355 e. The van der Waals surface area contributed by atoms with Crippen molar-refractivity contribution in [3.63, 3.8) is 0 Å². The van der Waals surface area contributed by atoms with E-state index in [-0.39, 0.29) is 24.9 Å². The van der Waals surface area contributed by atoms with Gasteiger partial charge in [-0.15, -0.1) is 0 Å². The van der Waals surface area contributed by atoms with Crippen LogP contribution < -0.4 is 10.2 Å². The van der Waals surface area contributed by atoms with Gasteiger partial charge in [-0.25, -0.2) is 5.01 Å². The van der Waals surface area contributed by atoms with Gasteiger partial charge in [0.15, 0.2) is 0 Å². The Labute approximate surface area is 213 Å². The highest BCUT2D eigenvalue weighted by molar-refractivity contribution is 5.90. The highest BCUT2D eigenvalue weighted by Gasteiger charge is 2.27. The van der Waals surface area contributed by atoms with Crippen LogP contribution in [0.5, 0.6) is 0 Å². The van der Waals surface area contributed by atoms with Gasteiger partial charge in [0.25, 0.3) is 5.91 Å². The normalized spacial score (nSPS) is 13.3. The Balaban J connectivity index is 1.50. The first-order valence-electron chi connectivity index (χ1n) is 12.7. The summed E-state index contributed by atoms with van der Waals surface area (Å²) in [7, 11) is 3.73. The Bertz CT molecular complexity index is 1210. The quantitative estimate of drug-likeness (QED) is 0.440. The third-order valence-electron chi connectivity index (χ3n) is 6.95. The number of carbonyl (C=O) groups excluding carboxylic acids is 2. The zero-order valence-electron chi connectivity index (χ0n) is 22.1. The molecule has 4 rings (SSSR count). The SMILES string of the molecule is Cc1cc2c(cnn2C)cc1N(CC(=O)NCCCC(C)C)CC(=O)N(C)N1Cc2ccccc2C1. The summed E-state index contributed by atoms with van der Waals surface area (Å²) in [5, 5.41) is 12.1. The van der Waals surface area contributed by atoms with Crippen molar-refractivity contribution in [3.8, 4) is 0 Å². The number of carbonyl (C=O) groups is 2. The number of amides is 2. The highest BCUT2D eigenvalue weighted by atomic mass is 16.2. The molecule has 1 N–H and O–H groups in total. The van der Waals surface area contributed by atoms with Crippen molar-refractivity contribution in [1.29, 1.82) is 0 Å². The zero-order valence-corrected chi connectivity index (χ0v) is 22.1. The van der Waals surface area contributed by atoms with Crippen molar-refractivity contribution in [2.45, 2.75) is 46.7 Å². The summed E-state index contributed by atoms with van der Waals surface area (Å²) in [6.45, 7) is 8.66. The van der Waals surface area contributed by atoms with Gasteiger partial charge in [-0.3, -0.25) is 19.3 Å². The molecule has 0 bridgehead atoms. The summed E-state index contributed by atoms with van der Waals surface area (Å²) < 4.78 is 1.84. The lowest BCUT2D eigenvalue weighted by Crippen LogP contribution is -2.48. The highest BCUT2D eigenvalue weighted by Crippen LogP contribution is 2.27. The van der Waals surface area contributed by atoms with Gasteiger partial charge in [-0.1, -0.05) is 38.1 Å². The molecule has 0 fully saturated rings. The molecule has 2 aromatic carbocycles. The standard InChI is InChI=1S/C28H38N6O2/c1-20(2)9-8-12-29-27(35)18-33(25-14-24-15-30-31(4)26(24)13-21(25)3)19-28(36)32(5)34-16-22-10-6-7-11-23(22)17-34/h6-7,10-11,13-15,20H,8-9,12,16-19H2,1-5H3,(H,29,35). The lowest BCUT2D eigenvalue weighted by molar-refractivity contribution is -0.145. The second kappa shape index (κ2) is 11.1. The summed E-state index contributed by atoms with van der Waals surface area (Å²) in [5.41, 5.74) is 5.38. The van der Waals surface area contributed by atoms with Crippen molar-refractivity contribution in [2.75, 3.05) is 31.6 Å². The van der Waals surface area contributed by atoms with Gasteiger partial charge in [0.2, 0.25) is 5.91 Å². The molecular weight excluding hydrogens is 452 g/mol. The summed E-state index contributed by atoms with van der Waals surface area (Å²) >= 11 is 0. The lowest BCUT2D eigenvalue weighted by Gasteiger charge is -2.32. The number of aromatic nitrogens is 2. The van der Waals surface area contributed by atoms with Crippen LogP contribution in [0.3, 0.4) is 0 Å². The molecule has 3 aromatic rings. The molecule has 0 aliphatic carbocycles. The number of hydrazine groups is 1. The molecule has 0 radical (unpaired) electrons. The first-order valence-corrected chi connectivity index (χ1v) is 12.7. The molecule has 0 saturated heterocycles. The molecule has 0 spiro atoms. The van der Waals surface area contributed by atoms with E-state index in [0.717, 1.165) is 35.0 Å². The van der Waals surface area contributed by atoms with E-state index in [2.05, 4.69) is 42.5 Å². The van der Waals surface area contributed by atoms with Crippen molar-refractivity contribution < 1.29 is 9.59 Å². The van der Waals surface area contributed by atoms with Crippen molar-refractivity contribution in [3.05, 3.63) is 59.3 Å². The fraction of sp³-hybridized carbons (Fsp3) is 0.464. The Morgan fingerprint density at radius 3 is 2.47 bits per heavy atom. The molecule has 2 heterocycles. The van der Waals surface area contributed by atoms with Crippen LogP contribution in [0.25, 0.3) is 10.9 Å². The molecule has 8 heteroatoms. The van der Waals surface area contributed by atoms with Crippen LogP contribution in [0.2, 0.25) is 0 Å². The number of aryl methyl sites for hydroxylation is 2. The number of benzene rings is 2. The summed E-state index contributed by atoms with van der Waals surface area (Å²) in [5.74, 6) is 0.478. The molecule has 0 unspecified atom stereocenters. The predicted octanol–water partition coefficient (Wildman–Crippen LogP) is 3.63. The molecule has 1 aliphatic heterocycles. The van der Waals surface area contributed by atoms with Crippen LogP contribution in [0.4, 0.5) is 5.69 Å². The number of rotatable bonds is 10. The molecule has 2 amide bonds. The van der Waals surface area contributed by atoms with Gasteiger partial charge in [0, 0.05) is 44.8 Å². The maximum absolute atomic E-state index is 13.5. The Kier molecular flexibility index (Phi) is 7.94. The number of hydrogen-bond acceptors (Lipinski definition) is 5. The maximum atomic E-state index is 13.5. The van der Waals surface area contributed by atoms with Crippen LogP contribution in [0.15, 0.2) is 42.6 Å². The van der Waals surface area contributed by atoms with E-state index in [1.165, 1.54) is 11.1 Å². The average molecular weight is 491 g/mol. The molecule has 0 atom stereocenters. The minimum atomic E-state index is -0.0755. The Morgan fingerprint density at radius 1 is 1.11 bits per heavy atom. The minimum absolute atomic E-state index is 0.0545. The zero-order chi connectivity index (χ0) is 25.8. The van der Waals surface area contributed by atoms with Crippen molar-refractivity contribution in [2.24, 2.45) is 13.0 Å². The van der Waals surface area contributed by atoms with E-state index in [9.17, 15) is 9.59 Å². The fourth-order valence-electron chi connectivity index (χ4n) is 4.78.